The van der Waals surface area contributed by atoms with Crippen molar-refractivity contribution in [3.63, 3.8) is 0 Å². The molecule has 4 rings (SSSR count). The Morgan fingerprint density at radius 1 is 1.03 bits per heavy atom. The highest BCUT2D eigenvalue weighted by atomic mass is 16.5. The van der Waals surface area contributed by atoms with Gasteiger partial charge in [-0.15, -0.1) is 0 Å². The minimum absolute atomic E-state index is 0.0346. The van der Waals surface area contributed by atoms with Crippen molar-refractivity contribution in [2.24, 2.45) is 11.8 Å². The summed E-state index contributed by atoms with van der Waals surface area (Å²) in [6.07, 6.45) is 2.14. The molecule has 2 unspecified atom stereocenters. The van der Waals surface area contributed by atoms with Crippen LogP contribution in [0.25, 0.3) is 11.1 Å². The van der Waals surface area contributed by atoms with Crippen molar-refractivity contribution in [3.05, 3.63) is 59.7 Å². The maximum absolute atomic E-state index is 12.8. The maximum Gasteiger partial charge on any atom is 0.407 e. The molecular formula is C27H32N2O5. The lowest BCUT2D eigenvalue weighted by Crippen LogP contribution is -2.50. The van der Waals surface area contributed by atoms with Gasteiger partial charge in [-0.3, -0.25) is 4.79 Å². The summed E-state index contributed by atoms with van der Waals surface area (Å²) in [7, 11) is 0. The van der Waals surface area contributed by atoms with E-state index in [1.807, 2.05) is 31.2 Å². The van der Waals surface area contributed by atoms with Crippen molar-refractivity contribution < 1.29 is 24.2 Å². The Hall–Kier alpha value is -3.35. The third-order valence-electron chi connectivity index (χ3n) is 7.28. The molecule has 0 aromatic heterocycles. The predicted octanol–water partition coefficient (Wildman–Crippen LogP) is 4.31. The summed E-state index contributed by atoms with van der Waals surface area (Å²) in [6.45, 7) is 3.91. The molecule has 0 saturated heterocycles. The average Bonchev–Trinajstić information content (AvgIpc) is 3.43. The smallest absolute Gasteiger partial charge is 0.407 e. The van der Waals surface area contributed by atoms with E-state index in [9.17, 15) is 19.5 Å². The highest BCUT2D eigenvalue weighted by molar-refractivity contribution is 5.86. The molecule has 1 saturated carbocycles. The number of alkyl carbamates (subject to hydrolysis) is 1. The van der Waals surface area contributed by atoms with Gasteiger partial charge < -0.3 is 20.5 Å². The van der Waals surface area contributed by atoms with Crippen molar-refractivity contribution in [3.8, 4) is 11.1 Å². The second-order valence-corrected chi connectivity index (χ2v) is 9.32. The second kappa shape index (κ2) is 10.3. The number of amides is 2. The lowest BCUT2D eigenvalue weighted by Gasteiger charge is -2.25. The third-order valence-corrected chi connectivity index (χ3v) is 7.28. The number of rotatable bonds is 8. The van der Waals surface area contributed by atoms with E-state index in [0.29, 0.717) is 19.3 Å². The van der Waals surface area contributed by atoms with Crippen LogP contribution in [0, 0.1) is 11.8 Å². The molecule has 2 aliphatic carbocycles. The molecule has 0 bridgehead atoms. The standard InChI is InChI=1S/C27H32N2O5/c1-3-16(2)24(26(31)32)29-25(30)21-13-8-14-23(21)28-27(33)34-15-22-19-11-6-4-9-17(19)18-10-5-7-12-20(18)22/h4-7,9-12,16,21-24H,3,8,13-15H2,1-2H3,(H,28,33)(H,29,30)(H,31,32)/t16-,21?,23?,24-/m0/s1. The van der Waals surface area contributed by atoms with E-state index in [4.69, 9.17) is 4.74 Å². The number of carboxylic acid groups (broad SMARTS) is 1. The van der Waals surface area contributed by atoms with E-state index in [0.717, 1.165) is 28.7 Å². The summed E-state index contributed by atoms with van der Waals surface area (Å²) >= 11 is 0. The fourth-order valence-corrected chi connectivity index (χ4v) is 5.18. The van der Waals surface area contributed by atoms with Gasteiger partial charge in [0.05, 0.1) is 5.92 Å². The van der Waals surface area contributed by atoms with Crippen molar-refractivity contribution in [1.82, 2.24) is 10.6 Å². The Kier molecular flexibility index (Phi) is 7.20. The molecule has 7 heteroatoms. The molecule has 4 atom stereocenters. The van der Waals surface area contributed by atoms with Gasteiger partial charge in [0, 0.05) is 12.0 Å². The first-order valence-corrected chi connectivity index (χ1v) is 12.0. The lowest BCUT2D eigenvalue weighted by molar-refractivity contribution is -0.144. The number of carbonyl (C=O) groups excluding carboxylic acids is 2. The number of benzene rings is 2. The molecule has 7 nitrogen and oxygen atoms in total. The van der Waals surface area contributed by atoms with E-state index in [1.54, 1.807) is 6.92 Å². The van der Waals surface area contributed by atoms with Crippen molar-refractivity contribution in [2.45, 2.75) is 57.5 Å². The van der Waals surface area contributed by atoms with E-state index in [2.05, 4.69) is 34.9 Å². The monoisotopic (exact) mass is 464 g/mol. The summed E-state index contributed by atoms with van der Waals surface area (Å²) in [6, 6.07) is 15.0. The van der Waals surface area contributed by atoms with Crippen molar-refractivity contribution >= 4 is 18.0 Å². The predicted molar refractivity (Wildman–Crippen MR) is 128 cm³/mol. The quantitative estimate of drug-likeness (QED) is 0.540. The highest BCUT2D eigenvalue weighted by Crippen LogP contribution is 2.44. The molecular weight excluding hydrogens is 432 g/mol. The van der Waals surface area contributed by atoms with Crippen molar-refractivity contribution in [2.75, 3.05) is 6.61 Å². The van der Waals surface area contributed by atoms with Gasteiger partial charge in [-0.25, -0.2) is 9.59 Å². The van der Waals surface area contributed by atoms with Crippen LogP contribution in [0.1, 0.15) is 56.6 Å². The van der Waals surface area contributed by atoms with Gasteiger partial charge in [-0.05, 0) is 41.0 Å². The van der Waals surface area contributed by atoms with Gasteiger partial charge in [-0.1, -0.05) is 75.2 Å². The molecule has 2 aliphatic rings. The highest BCUT2D eigenvalue weighted by Gasteiger charge is 2.37. The molecule has 0 aliphatic heterocycles. The molecule has 0 heterocycles. The van der Waals surface area contributed by atoms with Gasteiger partial charge in [0.15, 0.2) is 0 Å². The van der Waals surface area contributed by atoms with Crippen LogP contribution in [0.3, 0.4) is 0 Å². The van der Waals surface area contributed by atoms with Crippen LogP contribution in [0.5, 0.6) is 0 Å². The third kappa shape index (κ3) is 4.79. The van der Waals surface area contributed by atoms with E-state index >= 15 is 0 Å². The molecule has 2 aromatic carbocycles. The minimum atomic E-state index is -1.04. The summed E-state index contributed by atoms with van der Waals surface area (Å²) in [4.78, 5) is 37.1. The molecule has 0 radical (unpaired) electrons. The first-order chi connectivity index (χ1) is 16.4. The first kappa shape index (κ1) is 23.8. The first-order valence-electron chi connectivity index (χ1n) is 12.0. The zero-order chi connectivity index (χ0) is 24.2. The van der Waals surface area contributed by atoms with E-state index in [-0.39, 0.29) is 30.4 Å². The van der Waals surface area contributed by atoms with E-state index in [1.165, 1.54) is 0 Å². The maximum atomic E-state index is 12.8. The molecule has 2 amide bonds. The number of nitrogens with one attached hydrogen (secondary N) is 2. The molecule has 1 fully saturated rings. The normalized spacial score (nSPS) is 20.6. The van der Waals surface area contributed by atoms with E-state index < -0.39 is 24.0 Å². The summed E-state index contributed by atoms with van der Waals surface area (Å²) in [5, 5.41) is 15.0. The molecule has 2 aromatic rings. The summed E-state index contributed by atoms with van der Waals surface area (Å²) in [5.74, 6) is -2.05. The average molecular weight is 465 g/mol. The topological polar surface area (TPSA) is 105 Å². The fourth-order valence-electron chi connectivity index (χ4n) is 5.18. The van der Waals surface area contributed by atoms with Crippen LogP contribution in [0.4, 0.5) is 4.79 Å². The zero-order valence-electron chi connectivity index (χ0n) is 19.6. The Labute approximate surface area is 199 Å². The Bertz CT molecular complexity index is 1020. The zero-order valence-corrected chi connectivity index (χ0v) is 19.6. The lowest BCUT2D eigenvalue weighted by atomic mass is 9.96. The molecule has 3 N–H and O–H groups in total. The van der Waals surface area contributed by atoms with Gasteiger partial charge in [0.25, 0.3) is 0 Å². The van der Waals surface area contributed by atoms with Crippen LogP contribution >= 0.6 is 0 Å². The summed E-state index contributed by atoms with van der Waals surface area (Å²) in [5.41, 5.74) is 4.60. The molecule has 180 valence electrons. The minimum Gasteiger partial charge on any atom is -0.480 e. The van der Waals surface area contributed by atoms with Gasteiger partial charge in [-0.2, -0.15) is 0 Å². The number of carbonyl (C=O) groups is 3. The van der Waals surface area contributed by atoms with Gasteiger partial charge in [0.1, 0.15) is 12.6 Å². The van der Waals surface area contributed by atoms with Crippen LogP contribution < -0.4 is 10.6 Å². The number of hydrogen-bond donors (Lipinski definition) is 3. The number of ether oxygens (including phenoxy) is 1. The van der Waals surface area contributed by atoms with Crippen LogP contribution in [-0.4, -0.2) is 41.8 Å². The summed E-state index contributed by atoms with van der Waals surface area (Å²) < 4.78 is 5.63. The Morgan fingerprint density at radius 3 is 2.24 bits per heavy atom. The Morgan fingerprint density at radius 2 is 1.65 bits per heavy atom. The SMILES string of the molecule is CC[C@H](C)[C@H](NC(=O)C1CCCC1NC(=O)OCC1c2ccccc2-c2ccccc21)C(=O)O. The molecule has 34 heavy (non-hydrogen) atoms. The van der Waals surface area contributed by atoms with Crippen molar-refractivity contribution in [1.29, 1.82) is 0 Å². The fraction of sp³-hybridized carbons (Fsp3) is 0.444. The number of hydrogen-bond acceptors (Lipinski definition) is 4. The molecule has 0 spiro atoms. The number of carboxylic acids is 1. The second-order valence-electron chi connectivity index (χ2n) is 9.32. The van der Waals surface area contributed by atoms with Crippen LogP contribution in [0.15, 0.2) is 48.5 Å². The largest absolute Gasteiger partial charge is 0.480 e. The van der Waals surface area contributed by atoms with Crippen LogP contribution in [0.2, 0.25) is 0 Å². The number of aliphatic carboxylic acids is 1. The number of fused-ring (bicyclic) bond motifs is 3. The van der Waals surface area contributed by atoms with Crippen LogP contribution in [-0.2, 0) is 14.3 Å². The van der Waals surface area contributed by atoms with Gasteiger partial charge in [0.2, 0.25) is 5.91 Å². The Balaban J connectivity index is 1.37. The van der Waals surface area contributed by atoms with Gasteiger partial charge >= 0.3 is 12.1 Å².